The molecule has 8 nitrogen and oxygen atoms in total. The summed E-state index contributed by atoms with van der Waals surface area (Å²) < 4.78 is 27.1. The Morgan fingerprint density at radius 1 is 0.744 bits per heavy atom. The Labute approximate surface area is 229 Å². The maximum atomic E-state index is 12.5. The van der Waals surface area contributed by atoms with Gasteiger partial charge >= 0.3 is 11.9 Å². The lowest BCUT2D eigenvalue weighted by Crippen LogP contribution is -2.18. The minimum Gasteiger partial charge on any atom is -0.491 e. The number of rotatable bonds is 15. The summed E-state index contributed by atoms with van der Waals surface area (Å²) in [5, 5.41) is 8.93. The summed E-state index contributed by atoms with van der Waals surface area (Å²) in [7, 11) is 0. The van der Waals surface area contributed by atoms with Crippen molar-refractivity contribution in [1.29, 1.82) is 5.26 Å². The Hall–Kier alpha value is -4.19. The molecule has 0 amide bonds. The summed E-state index contributed by atoms with van der Waals surface area (Å²) in [5.41, 5.74) is 2.93. The van der Waals surface area contributed by atoms with E-state index in [1.165, 1.54) is 0 Å². The van der Waals surface area contributed by atoms with Gasteiger partial charge in [0, 0.05) is 0 Å². The molecule has 0 N–H and O–H groups in total. The topological polar surface area (TPSA) is 104 Å². The van der Waals surface area contributed by atoms with E-state index in [1.54, 1.807) is 48.5 Å². The fourth-order valence-electron chi connectivity index (χ4n) is 3.36. The molecule has 0 bridgehead atoms. The average molecular weight is 532 g/mol. The van der Waals surface area contributed by atoms with Crippen molar-refractivity contribution in [3.05, 3.63) is 83.9 Å². The molecule has 0 saturated heterocycles. The van der Waals surface area contributed by atoms with Gasteiger partial charge in [0.2, 0.25) is 0 Å². The summed E-state index contributed by atoms with van der Waals surface area (Å²) >= 11 is 0. The molecule has 0 spiro atoms. The highest BCUT2D eigenvalue weighted by atomic mass is 16.6. The summed E-state index contributed by atoms with van der Waals surface area (Å²) in [6.45, 7) is 5.89. The fraction of sp³-hybridized carbons (Fsp3) is 0.323. The number of ether oxygens (including phenoxy) is 5. The molecule has 3 aromatic rings. The van der Waals surface area contributed by atoms with Crippen LogP contribution in [0.1, 0.15) is 36.2 Å². The zero-order valence-electron chi connectivity index (χ0n) is 22.3. The van der Waals surface area contributed by atoms with Crippen molar-refractivity contribution < 1.29 is 33.3 Å². The highest BCUT2D eigenvalue weighted by Crippen LogP contribution is 2.23. The summed E-state index contributed by atoms with van der Waals surface area (Å²) in [5.74, 6) is 0.285. The predicted octanol–water partition coefficient (Wildman–Crippen LogP) is 5.45. The van der Waals surface area contributed by atoms with Crippen LogP contribution in [-0.4, -0.2) is 51.6 Å². The monoisotopic (exact) mass is 531 g/mol. The third-order valence-electron chi connectivity index (χ3n) is 5.86. The number of nitrogens with zero attached hydrogens (tertiary/aromatic N) is 1. The number of hydrogen-bond acceptors (Lipinski definition) is 8. The van der Waals surface area contributed by atoms with Gasteiger partial charge in [0.05, 0.1) is 49.5 Å². The number of hydrogen-bond donors (Lipinski definition) is 0. The second kappa shape index (κ2) is 15.9. The molecule has 3 aromatic carbocycles. The standard InChI is InChI=1S/C31H33NO7/c1-3-23(2)30(33)38-21-19-36-17-16-35-18-20-37-28-12-10-27(11-13-28)31(34)39-29-14-8-26(9-15-29)25-6-4-24(22-32)5-7-25/h4-15,23H,3,16-21H2,1-2H3. The van der Waals surface area contributed by atoms with Crippen molar-refractivity contribution in [2.75, 3.05) is 39.6 Å². The van der Waals surface area contributed by atoms with Crippen LogP contribution in [0, 0.1) is 17.2 Å². The summed E-state index contributed by atoms with van der Waals surface area (Å²) in [4.78, 5) is 24.0. The fourth-order valence-corrected chi connectivity index (χ4v) is 3.36. The van der Waals surface area contributed by atoms with Gasteiger partial charge in [-0.15, -0.1) is 0 Å². The molecule has 0 saturated carbocycles. The van der Waals surface area contributed by atoms with Gasteiger partial charge in [-0.05, 0) is 66.1 Å². The van der Waals surface area contributed by atoms with Gasteiger partial charge in [-0.2, -0.15) is 5.26 Å². The summed E-state index contributed by atoms with van der Waals surface area (Å²) in [6.07, 6.45) is 0.755. The molecule has 1 unspecified atom stereocenters. The van der Waals surface area contributed by atoms with Crippen LogP contribution in [0.25, 0.3) is 11.1 Å². The van der Waals surface area contributed by atoms with E-state index < -0.39 is 5.97 Å². The predicted molar refractivity (Wildman–Crippen MR) is 146 cm³/mol. The SMILES string of the molecule is CCC(C)C(=O)OCCOCCOCCOc1ccc(C(=O)Oc2ccc(-c3ccc(C#N)cc3)cc2)cc1. The van der Waals surface area contributed by atoms with Crippen LogP contribution in [0.4, 0.5) is 0 Å². The van der Waals surface area contributed by atoms with Gasteiger partial charge in [-0.3, -0.25) is 4.79 Å². The molecular formula is C31H33NO7. The molecule has 0 heterocycles. The Bertz CT molecular complexity index is 1220. The largest absolute Gasteiger partial charge is 0.491 e. The van der Waals surface area contributed by atoms with Crippen molar-refractivity contribution >= 4 is 11.9 Å². The third-order valence-corrected chi connectivity index (χ3v) is 5.86. The van der Waals surface area contributed by atoms with Crippen molar-refractivity contribution in [3.8, 4) is 28.7 Å². The number of benzene rings is 3. The molecule has 0 radical (unpaired) electrons. The minimum atomic E-state index is -0.467. The number of esters is 2. The molecule has 0 aliphatic heterocycles. The van der Waals surface area contributed by atoms with E-state index in [4.69, 9.17) is 28.9 Å². The van der Waals surface area contributed by atoms with Crippen molar-refractivity contribution in [1.82, 2.24) is 0 Å². The molecule has 39 heavy (non-hydrogen) atoms. The molecule has 0 fully saturated rings. The van der Waals surface area contributed by atoms with Gasteiger partial charge in [0.15, 0.2) is 0 Å². The minimum absolute atomic E-state index is 0.0933. The maximum absolute atomic E-state index is 12.5. The van der Waals surface area contributed by atoms with Crippen LogP contribution in [0.3, 0.4) is 0 Å². The lowest BCUT2D eigenvalue weighted by Gasteiger charge is -2.10. The first kappa shape index (κ1) is 29.4. The highest BCUT2D eigenvalue weighted by molar-refractivity contribution is 5.91. The Morgan fingerprint density at radius 2 is 1.28 bits per heavy atom. The van der Waals surface area contributed by atoms with E-state index in [-0.39, 0.29) is 18.5 Å². The first-order chi connectivity index (χ1) is 19.0. The first-order valence-corrected chi connectivity index (χ1v) is 12.9. The van der Waals surface area contributed by atoms with E-state index in [0.29, 0.717) is 55.7 Å². The Balaban J connectivity index is 1.30. The number of carbonyl (C=O) groups is 2. The lowest BCUT2D eigenvalue weighted by molar-refractivity contribution is -0.149. The second-order valence-electron chi connectivity index (χ2n) is 8.68. The second-order valence-corrected chi connectivity index (χ2v) is 8.68. The van der Waals surface area contributed by atoms with Crippen LogP contribution in [-0.2, 0) is 19.0 Å². The molecule has 0 aliphatic rings. The number of nitriles is 1. The van der Waals surface area contributed by atoms with E-state index in [1.807, 2.05) is 38.1 Å². The van der Waals surface area contributed by atoms with Gasteiger partial charge in [-0.1, -0.05) is 38.1 Å². The highest BCUT2D eigenvalue weighted by Gasteiger charge is 2.11. The molecule has 3 rings (SSSR count). The lowest BCUT2D eigenvalue weighted by atomic mass is 10.0. The quantitative estimate of drug-likeness (QED) is 0.145. The molecule has 204 valence electrons. The van der Waals surface area contributed by atoms with Gasteiger partial charge in [0.1, 0.15) is 24.7 Å². The van der Waals surface area contributed by atoms with Gasteiger partial charge in [-0.25, -0.2) is 4.79 Å². The van der Waals surface area contributed by atoms with E-state index >= 15 is 0 Å². The summed E-state index contributed by atoms with van der Waals surface area (Å²) in [6, 6.07) is 23.3. The van der Waals surface area contributed by atoms with Crippen molar-refractivity contribution in [3.63, 3.8) is 0 Å². The zero-order valence-corrected chi connectivity index (χ0v) is 22.3. The Morgan fingerprint density at radius 3 is 1.87 bits per heavy atom. The number of carbonyl (C=O) groups excluding carboxylic acids is 2. The Kier molecular flexibility index (Phi) is 12.0. The molecule has 0 aromatic heterocycles. The molecule has 0 aliphatic carbocycles. The normalized spacial score (nSPS) is 11.3. The average Bonchev–Trinajstić information content (AvgIpc) is 2.98. The van der Waals surface area contributed by atoms with E-state index in [2.05, 4.69) is 6.07 Å². The van der Waals surface area contributed by atoms with E-state index in [9.17, 15) is 9.59 Å². The first-order valence-electron chi connectivity index (χ1n) is 12.9. The van der Waals surface area contributed by atoms with Crippen LogP contribution >= 0.6 is 0 Å². The third kappa shape index (κ3) is 9.89. The van der Waals surface area contributed by atoms with Crippen molar-refractivity contribution in [2.24, 2.45) is 5.92 Å². The van der Waals surface area contributed by atoms with E-state index in [0.717, 1.165) is 17.5 Å². The van der Waals surface area contributed by atoms with Crippen molar-refractivity contribution in [2.45, 2.75) is 20.3 Å². The van der Waals surface area contributed by atoms with Crippen LogP contribution in [0.5, 0.6) is 11.5 Å². The molecule has 8 heteroatoms. The van der Waals surface area contributed by atoms with Gasteiger partial charge in [0.25, 0.3) is 0 Å². The zero-order chi connectivity index (χ0) is 27.9. The molecular weight excluding hydrogens is 498 g/mol. The van der Waals surface area contributed by atoms with Crippen LogP contribution in [0.2, 0.25) is 0 Å². The maximum Gasteiger partial charge on any atom is 0.343 e. The van der Waals surface area contributed by atoms with Crippen LogP contribution < -0.4 is 9.47 Å². The molecule has 1 atom stereocenters. The van der Waals surface area contributed by atoms with Gasteiger partial charge < -0.3 is 23.7 Å². The smallest absolute Gasteiger partial charge is 0.343 e. The van der Waals surface area contributed by atoms with Crippen LogP contribution in [0.15, 0.2) is 72.8 Å².